The van der Waals surface area contributed by atoms with Gasteiger partial charge in [-0.3, -0.25) is 0 Å². The highest BCUT2D eigenvalue weighted by molar-refractivity contribution is 7.09. The standard InChI is InChI=1S/C13H17N3OS/c1(4-10-5-3-9-18-10)7-12-15-13(16-17-12)11-6-2-8-14-11/h3,5,9,11,14H,1-2,4,6-8H2. The summed E-state index contributed by atoms with van der Waals surface area (Å²) in [5.41, 5.74) is 0. The summed E-state index contributed by atoms with van der Waals surface area (Å²) in [6.07, 6.45) is 5.36. The van der Waals surface area contributed by atoms with Gasteiger partial charge in [-0.15, -0.1) is 11.3 Å². The van der Waals surface area contributed by atoms with E-state index in [1.54, 1.807) is 0 Å². The topological polar surface area (TPSA) is 51.0 Å². The molecule has 1 N–H and O–H groups in total. The fourth-order valence-corrected chi connectivity index (χ4v) is 3.04. The number of hydrogen-bond donors (Lipinski definition) is 1. The quantitative estimate of drug-likeness (QED) is 0.901. The van der Waals surface area contributed by atoms with Gasteiger partial charge in [0.15, 0.2) is 5.82 Å². The molecule has 1 atom stereocenters. The van der Waals surface area contributed by atoms with Crippen LogP contribution in [-0.4, -0.2) is 16.7 Å². The summed E-state index contributed by atoms with van der Waals surface area (Å²) in [5.74, 6) is 1.61. The second-order valence-corrected chi connectivity index (χ2v) is 5.66. The van der Waals surface area contributed by atoms with Crippen molar-refractivity contribution in [3.63, 3.8) is 0 Å². The molecule has 1 fully saturated rings. The first kappa shape index (κ1) is 11.9. The molecule has 1 aliphatic heterocycles. The van der Waals surface area contributed by atoms with E-state index in [-0.39, 0.29) is 0 Å². The highest BCUT2D eigenvalue weighted by Gasteiger charge is 2.21. The Balaban J connectivity index is 1.50. The summed E-state index contributed by atoms with van der Waals surface area (Å²) in [5, 5.41) is 9.57. The largest absolute Gasteiger partial charge is 0.339 e. The molecule has 5 heteroatoms. The van der Waals surface area contributed by atoms with Crippen LogP contribution >= 0.6 is 11.3 Å². The molecule has 0 amide bonds. The minimum atomic E-state index is 0.305. The zero-order chi connectivity index (χ0) is 12.2. The van der Waals surface area contributed by atoms with Gasteiger partial charge in [-0.05, 0) is 43.7 Å². The van der Waals surface area contributed by atoms with Crippen LogP contribution < -0.4 is 5.32 Å². The molecular weight excluding hydrogens is 246 g/mol. The lowest BCUT2D eigenvalue weighted by Gasteiger charge is -2.01. The van der Waals surface area contributed by atoms with Gasteiger partial charge in [-0.2, -0.15) is 4.98 Å². The predicted molar refractivity (Wildman–Crippen MR) is 70.6 cm³/mol. The lowest BCUT2D eigenvalue weighted by Crippen LogP contribution is -2.14. The monoisotopic (exact) mass is 263 g/mol. The molecule has 4 nitrogen and oxygen atoms in total. The van der Waals surface area contributed by atoms with Crippen molar-refractivity contribution in [2.24, 2.45) is 0 Å². The average molecular weight is 263 g/mol. The SMILES string of the molecule is c1csc(CCCc2nc(C3CCCN3)no2)c1. The highest BCUT2D eigenvalue weighted by atomic mass is 32.1. The van der Waals surface area contributed by atoms with Crippen LogP contribution in [0.15, 0.2) is 22.0 Å². The summed E-state index contributed by atoms with van der Waals surface area (Å²) >= 11 is 1.81. The van der Waals surface area contributed by atoms with Crippen molar-refractivity contribution in [2.45, 2.75) is 38.1 Å². The number of rotatable bonds is 5. The molecule has 0 spiro atoms. The zero-order valence-electron chi connectivity index (χ0n) is 10.3. The normalized spacial score (nSPS) is 19.4. The van der Waals surface area contributed by atoms with Crippen molar-refractivity contribution >= 4 is 11.3 Å². The smallest absolute Gasteiger partial charge is 0.226 e. The van der Waals surface area contributed by atoms with E-state index >= 15 is 0 Å². The van der Waals surface area contributed by atoms with Gasteiger partial charge < -0.3 is 9.84 Å². The summed E-state index contributed by atoms with van der Waals surface area (Å²) in [7, 11) is 0. The predicted octanol–water partition coefficient (Wildman–Crippen LogP) is 2.73. The molecule has 0 bridgehead atoms. The van der Waals surface area contributed by atoms with Gasteiger partial charge in [0.25, 0.3) is 0 Å². The molecule has 2 aromatic rings. The molecule has 0 aromatic carbocycles. The van der Waals surface area contributed by atoms with Crippen LogP contribution in [0, 0.1) is 0 Å². The molecule has 1 aliphatic rings. The van der Waals surface area contributed by atoms with Crippen molar-refractivity contribution in [1.82, 2.24) is 15.5 Å². The second-order valence-electron chi connectivity index (χ2n) is 4.63. The minimum absolute atomic E-state index is 0.305. The average Bonchev–Trinajstić information content (AvgIpc) is 3.12. The van der Waals surface area contributed by atoms with E-state index in [1.165, 1.54) is 11.3 Å². The van der Waals surface area contributed by atoms with Crippen LogP contribution in [0.3, 0.4) is 0 Å². The number of aryl methyl sites for hydroxylation is 2. The summed E-state index contributed by atoms with van der Waals surface area (Å²) in [6, 6.07) is 4.57. The van der Waals surface area contributed by atoms with Crippen LogP contribution in [0.2, 0.25) is 0 Å². The van der Waals surface area contributed by atoms with Gasteiger partial charge in [0, 0.05) is 11.3 Å². The summed E-state index contributed by atoms with van der Waals surface area (Å²) in [4.78, 5) is 5.90. The Labute approximate surface area is 110 Å². The second kappa shape index (κ2) is 5.63. The van der Waals surface area contributed by atoms with E-state index in [1.807, 2.05) is 11.3 Å². The molecule has 2 aromatic heterocycles. The minimum Gasteiger partial charge on any atom is -0.339 e. The van der Waals surface area contributed by atoms with Crippen molar-refractivity contribution in [3.05, 3.63) is 34.1 Å². The van der Waals surface area contributed by atoms with Crippen LogP contribution in [0.4, 0.5) is 0 Å². The molecule has 3 rings (SSSR count). The third-order valence-electron chi connectivity index (χ3n) is 3.25. The van der Waals surface area contributed by atoms with Gasteiger partial charge in [0.05, 0.1) is 6.04 Å². The maximum atomic E-state index is 5.30. The molecular formula is C13H17N3OS. The van der Waals surface area contributed by atoms with Gasteiger partial charge in [-0.25, -0.2) is 0 Å². The zero-order valence-corrected chi connectivity index (χ0v) is 11.1. The Bertz CT molecular complexity index is 474. The third-order valence-corrected chi connectivity index (χ3v) is 4.19. The first-order chi connectivity index (χ1) is 8.92. The lowest BCUT2D eigenvalue weighted by atomic mass is 10.2. The maximum absolute atomic E-state index is 5.30. The van der Waals surface area contributed by atoms with E-state index in [9.17, 15) is 0 Å². The van der Waals surface area contributed by atoms with Crippen molar-refractivity contribution in [2.75, 3.05) is 6.54 Å². The van der Waals surface area contributed by atoms with Crippen molar-refractivity contribution < 1.29 is 4.52 Å². The summed E-state index contributed by atoms with van der Waals surface area (Å²) in [6.45, 7) is 1.06. The van der Waals surface area contributed by atoms with E-state index in [4.69, 9.17) is 4.52 Å². The lowest BCUT2D eigenvalue weighted by molar-refractivity contribution is 0.365. The van der Waals surface area contributed by atoms with E-state index in [0.29, 0.717) is 6.04 Å². The molecule has 0 radical (unpaired) electrons. The molecule has 1 saturated heterocycles. The first-order valence-corrected chi connectivity index (χ1v) is 7.38. The first-order valence-electron chi connectivity index (χ1n) is 6.50. The van der Waals surface area contributed by atoms with Gasteiger partial charge in [0.1, 0.15) is 0 Å². The van der Waals surface area contributed by atoms with Crippen LogP contribution in [0.25, 0.3) is 0 Å². The number of hydrogen-bond acceptors (Lipinski definition) is 5. The Morgan fingerprint density at radius 3 is 3.22 bits per heavy atom. The number of aromatic nitrogens is 2. The molecule has 18 heavy (non-hydrogen) atoms. The van der Waals surface area contributed by atoms with Crippen molar-refractivity contribution in [1.29, 1.82) is 0 Å². The fourth-order valence-electron chi connectivity index (χ4n) is 2.28. The molecule has 3 heterocycles. The fraction of sp³-hybridized carbons (Fsp3) is 0.538. The van der Waals surface area contributed by atoms with E-state index in [2.05, 4.69) is 33.0 Å². The van der Waals surface area contributed by atoms with Crippen LogP contribution in [0.5, 0.6) is 0 Å². The Hall–Kier alpha value is -1.20. The van der Waals surface area contributed by atoms with Gasteiger partial charge in [-0.1, -0.05) is 11.2 Å². The van der Waals surface area contributed by atoms with Crippen LogP contribution in [0.1, 0.15) is 41.9 Å². The van der Waals surface area contributed by atoms with E-state index < -0.39 is 0 Å². The third kappa shape index (κ3) is 2.79. The van der Waals surface area contributed by atoms with Crippen LogP contribution in [-0.2, 0) is 12.8 Å². The van der Waals surface area contributed by atoms with Gasteiger partial charge in [0.2, 0.25) is 5.89 Å². The van der Waals surface area contributed by atoms with Gasteiger partial charge >= 0.3 is 0 Å². The molecule has 96 valence electrons. The van der Waals surface area contributed by atoms with E-state index in [0.717, 1.165) is 43.9 Å². The Kier molecular flexibility index (Phi) is 3.71. The Morgan fingerprint density at radius 1 is 1.44 bits per heavy atom. The number of thiophene rings is 1. The molecule has 1 unspecified atom stereocenters. The molecule has 0 aliphatic carbocycles. The summed E-state index contributed by atoms with van der Waals surface area (Å²) < 4.78 is 5.30. The number of nitrogens with one attached hydrogen (secondary N) is 1. The number of nitrogens with zero attached hydrogens (tertiary/aromatic N) is 2. The Morgan fingerprint density at radius 2 is 2.44 bits per heavy atom. The highest BCUT2D eigenvalue weighted by Crippen LogP contribution is 2.20. The maximum Gasteiger partial charge on any atom is 0.226 e. The van der Waals surface area contributed by atoms with Crippen molar-refractivity contribution in [3.8, 4) is 0 Å². The molecule has 0 saturated carbocycles.